The molecule has 0 aliphatic carbocycles. The molecule has 1 aromatic carbocycles. The van der Waals surface area contributed by atoms with Gasteiger partial charge in [0, 0.05) is 0 Å². The van der Waals surface area contributed by atoms with Crippen molar-refractivity contribution in [1.29, 1.82) is 0 Å². The molecule has 0 amide bonds. The van der Waals surface area contributed by atoms with Gasteiger partial charge in [0.2, 0.25) is 0 Å². The quantitative estimate of drug-likeness (QED) is 0.642. The zero-order chi connectivity index (χ0) is 6.85. The van der Waals surface area contributed by atoms with Crippen LogP contribution in [0.4, 0.5) is 0 Å². The van der Waals surface area contributed by atoms with Crippen LogP contribution in [0.25, 0.3) is 0 Å². The minimum atomic E-state index is 0.796. The molecule has 0 N–H and O–H groups in total. The summed E-state index contributed by atoms with van der Waals surface area (Å²) in [4.78, 5) is 0. The Morgan fingerprint density at radius 3 is 2.56 bits per heavy atom. The molecule has 45 valence electrons. The van der Waals surface area contributed by atoms with E-state index in [0.717, 1.165) is 9.50 Å². The summed E-state index contributed by atoms with van der Waals surface area (Å²) >= 11 is 10.5. The molecule has 0 heterocycles. The Labute approximate surface area is 80.8 Å². The fraction of sp³-hybridized carbons (Fsp3) is 0. The maximum absolute atomic E-state index is 5.78. The van der Waals surface area contributed by atoms with E-state index >= 15 is 0 Å². The predicted octanol–water partition coefficient (Wildman–Crippen LogP) is 1.90. The molecule has 0 aromatic heterocycles. The molecule has 0 saturated carbocycles. The van der Waals surface area contributed by atoms with E-state index in [4.69, 9.17) is 11.6 Å². The maximum atomic E-state index is 5.78. The first-order valence-electron chi connectivity index (χ1n) is 2.37. The van der Waals surface area contributed by atoms with Gasteiger partial charge in [-0.3, -0.25) is 0 Å². The second-order valence-corrected chi connectivity index (χ2v) is 4.54. The third kappa shape index (κ3) is 2.13. The van der Waals surface area contributed by atoms with Crippen molar-refractivity contribution < 1.29 is 0 Å². The van der Waals surface area contributed by atoms with Crippen molar-refractivity contribution in [2.45, 2.75) is 0 Å². The average Bonchev–Trinajstić information content (AvgIpc) is 1.80. The third-order valence-electron chi connectivity index (χ3n) is 0.920. The van der Waals surface area contributed by atoms with Gasteiger partial charge in [-0.05, 0) is 0 Å². The molecular weight excluding hydrogens is 306 g/mol. The summed E-state index contributed by atoms with van der Waals surface area (Å²) in [6.45, 7) is 0. The van der Waals surface area contributed by atoms with Crippen LogP contribution in [0.5, 0.6) is 0 Å². The monoisotopic (exact) mass is 309 g/mol. The first kappa shape index (κ1) is 7.89. The second-order valence-electron chi connectivity index (χ2n) is 1.63. The van der Waals surface area contributed by atoms with Crippen LogP contribution in [0, 0.1) is 0 Å². The van der Waals surface area contributed by atoms with Gasteiger partial charge in [-0.25, -0.2) is 0 Å². The van der Waals surface area contributed by atoms with Gasteiger partial charge in [-0.2, -0.15) is 0 Å². The predicted molar refractivity (Wildman–Crippen MR) is 44.5 cm³/mol. The molecule has 3 radical (unpaired) electrons. The molecular formula is C6H3BrClSn. The molecule has 0 unspecified atom stereocenters. The van der Waals surface area contributed by atoms with Gasteiger partial charge >= 0.3 is 81.3 Å². The minimum absolute atomic E-state index is 0.796. The van der Waals surface area contributed by atoms with Gasteiger partial charge in [0.25, 0.3) is 0 Å². The number of benzene rings is 1. The Balaban J connectivity index is 3.17. The number of hydrogen-bond acceptors (Lipinski definition) is 0. The SMILES string of the molecule is Clc1c[c]([Sn])ccc1Br. The Morgan fingerprint density at radius 1 is 1.44 bits per heavy atom. The van der Waals surface area contributed by atoms with Crippen molar-refractivity contribution in [2.75, 3.05) is 0 Å². The van der Waals surface area contributed by atoms with Crippen LogP contribution in [-0.4, -0.2) is 22.5 Å². The summed E-state index contributed by atoms with van der Waals surface area (Å²) in [7, 11) is 0. The summed E-state index contributed by atoms with van der Waals surface area (Å²) in [5, 5.41) is 0.796. The summed E-state index contributed by atoms with van der Waals surface area (Å²) < 4.78 is 2.24. The zero-order valence-electron chi connectivity index (χ0n) is 4.49. The molecule has 0 saturated heterocycles. The van der Waals surface area contributed by atoms with E-state index in [2.05, 4.69) is 15.9 Å². The van der Waals surface area contributed by atoms with E-state index in [0.29, 0.717) is 0 Å². The molecule has 0 atom stereocenters. The van der Waals surface area contributed by atoms with Crippen molar-refractivity contribution in [3.63, 3.8) is 0 Å². The van der Waals surface area contributed by atoms with Crippen LogP contribution in [0.2, 0.25) is 5.02 Å². The van der Waals surface area contributed by atoms with Gasteiger partial charge in [-0.15, -0.1) is 0 Å². The summed E-state index contributed by atoms with van der Waals surface area (Å²) in [5.74, 6) is 0. The number of hydrogen-bond donors (Lipinski definition) is 0. The van der Waals surface area contributed by atoms with Crippen molar-refractivity contribution in [3.8, 4) is 0 Å². The Morgan fingerprint density at radius 2 is 2.11 bits per heavy atom. The Bertz CT molecular complexity index is 224. The van der Waals surface area contributed by atoms with E-state index in [9.17, 15) is 0 Å². The molecule has 9 heavy (non-hydrogen) atoms. The van der Waals surface area contributed by atoms with Crippen LogP contribution in [0.1, 0.15) is 0 Å². The van der Waals surface area contributed by atoms with Crippen LogP contribution in [0.15, 0.2) is 22.7 Å². The molecule has 3 heteroatoms. The second kappa shape index (κ2) is 3.26. The Kier molecular flexibility index (Phi) is 2.86. The normalized spacial score (nSPS) is 9.67. The molecule has 0 fully saturated rings. The fourth-order valence-electron chi connectivity index (χ4n) is 0.496. The van der Waals surface area contributed by atoms with Crippen LogP contribution in [0.3, 0.4) is 0 Å². The van der Waals surface area contributed by atoms with Crippen molar-refractivity contribution in [1.82, 2.24) is 0 Å². The summed E-state index contributed by atoms with van der Waals surface area (Å²) in [6, 6.07) is 5.98. The van der Waals surface area contributed by atoms with Crippen LogP contribution in [-0.2, 0) is 0 Å². The van der Waals surface area contributed by atoms with Crippen LogP contribution < -0.4 is 3.58 Å². The van der Waals surface area contributed by atoms with Crippen molar-refractivity contribution >= 4 is 53.6 Å². The summed E-state index contributed by atoms with van der Waals surface area (Å²) in [6.07, 6.45) is 0. The van der Waals surface area contributed by atoms with Crippen LogP contribution >= 0.6 is 27.5 Å². The van der Waals surface area contributed by atoms with E-state index in [1.807, 2.05) is 18.2 Å². The van der Waals surface area contributed by atoms with Gasteiger partial charge < -0.3 is 0 Å². The van der Waals surface area contributed by atoms with E-state index in [1.165, 1.54) is 26.1 Å². The van der Waals surface area contributed by atoms with Crippen molar-refractivity contribution in [2.24, 2.45) is 0 Å². The number of rotatable bonds is 0. The molecule has 0 nitrogen and oxygen atoms in total. The Hall–Kier alpha value is 0.789. The fourth-order valence-corrected chi connectivity index (χ4v) is 1.83. The average molecular weight is 309 g/mol. The first-order chi connectivity index (χ1) is 4.20. The zero-order valence-corrected chi connectivity index (χ0v) is 9.68. The molecule has 1 aromatic rings. The first-order valence-corrected chi connectivity index (χ1v) is 4.96. The van der Waals surface area contributed by atoms with Gasteiger partial charge in [-0.1, -0.05) is 0 Å². The van der Waals surface area contributed by atoms with Gasteiger partial charge in [0.05, 0.1) is 0 Å². The van der Waals surface area contributed by atoms with E-state index < -0.39 is 0 Å². The summed E-state index contributed by atoms with van der Waals surface area (Å²) in [5.41, 5.74) is 0. The molecule has 0 spiro atoms. The van der Waals surface area contributed by atoms with Gasteiger partial charge in [0.15, 0.2) is 0 Å². The molecule has 0 bridgehead atoms. The van der Waals surface area contributed by atoms with E-state index in [-0.39, 0.29) is 0 Å². The van der Waals surface area contributed by atoms with Gasteiger partial charge in [0.1, 0.15) is 0 Å². The van der Waals surface area contributed by atoms with E-state index in [1.54, 1.807) is 0 Å². The molecule has 0 aliphatic heterocycles. The topological polar surface area (TPSA) is 0 Å². The standard InChI is InChI=1S/C6H3BrCl.Sn/c7-5-3-1-2-4-6(5)8;/h1,3-4H;. The third-order valence-corrected chi connectivity index (χ3v) is 3.04. The van der Waals surface area contributed by atoms with Crippen molar-refractivity contribution in [3.05, 3.63) is 27.7 Å². The molecule has 0 aliphatic rings. The number of halogens is 2. The molecule has 1 rings (SSSR count).